The number of carbonyl (C=O) groups is 2. The zero-order valence-electron chi connectivity index (χ0n) is 12.1. The molecular formula is C15H19NO3S2. The lowest BCUT2D eigenvalue weighted by Gasteiger charge is -2.10. The van der Waals surface area contributed by atoms with Crippen LogP contribution in [-0.4, -0.2) is 36.0 Å². The molecule has 0 saturated carbocycles. The average molecular weight is 325 g/mol. The van der Waals surface area contributed by atoms with Crippen molar-refractivity contribution in [1.82, 2.24) is 5.32 Å². The monoisotopic (exact) mass is 325 g/mol. The van der Waals surface area contributed by atoms with Crippen LogP contribution in [0.5, 0.6) is 0 Å². The number of carbonyl (C=O) groups excluding carboxylic acids is 2. The third-order valence-corrected chi connectivity index (χ3v) is 5.93. The number of rotatable bonds is 5. The molecule has 2 rings (SSSR count). The SMILES string of the molecule is CC(C)NC(=O)COC(=O)c1ccc(C2SCCS2)cc1. The van der Waals surface area contributed by atoms with Crippen LogP contribution < -0.4 is 5.32 Å². The van der Waals surface area contributed by atoms with Crippen molar-refractivity contribution in [3.63, 3.8) is 0 Å². The molecule has 1 aliphatic rings. The van der Waals surface area contributed by atoms with Gasteiger partial charge >= 0.3 is 5.97 Å². The van der Waals surface area contributed by atoms with Gasteiger partial charge in [-0.3, -0.25) is 4.79 Å². The number of hydrogen-bond acceptors (Lipinski definition) is 5. The van der Waals surface area contributed by atoms with Crippen molar-refractivity contribution >= 4 is 35.4 Å². The largest absolute Gasteiger partial charge is 0.452 e. The van der Waals surface area contributed by atoms with E-state index in [1.807, 2.05) is 49.5 Å². The van der Waals surface area contributed by atoms with Crippen molar-refractivity contribution in [3.8, 4) is 0 Å². The fourth-order valence-electron chi connectivity index (χ4n) is 1.91. The molecule has 0 radical (unpaired) electrons. The maximum atomic E-state index is 11.9. The minimum atomic E-state index is -0.466. The van der Waals surface area contributed by atoms with E-state index in [9.17, 15) is 9.59 Å². The summed E-state index contributed by atoms with van der Waals surface area (Å²) < 4.78 is 5.46. The van der Waals surface area contributed by atoms with Gasteiger partial charge in [-0.1, -0.05) is 12.1 Å². The maximum absolute atomic E-state index is 11.9. The first-order valence-electron chi connectivity index (χ1n) is 6.86. The molecule has 21 heavy (non-hydrogen) atoms. The Morgan fingerprint density at radius 2 is 1.86 bits per heavy atom. The van der Waals surface area contributed by atoms with Crippen LogP contribution >= 0.6 is 23.5 Å². The number of thioether (sulfide) groups is 2. The van der Waals surface area contributed by atoms with Gasteiger partial charge in [0.25, 0.3) is 5.91 Å². The van der Waals surface area contributed by atoms with Gasteiger partial charge in [-0.05, 0) is 31.5 Å². The standard InChI is InChI=1S/C15H19NO3S2/c1-10(2)16-13(17)9-19-14(18)11-3-5-12(6-4-11)15-20-7-8-21-15/h3-6,10,15H,7-9H2,1-2H3,(H,16,17). The fourth-order valence-corrected chi connectivity index (χ4v) is 4.76. The summed E-state index contributed by atoms with van der Waals surface area (Å²) in [4.78, 5) is 23.3. The van der Waals surface area contributed by atoms with Crippen LogP contribution in [0, 0.1) is 0 Å². The van der Waals surface area contributed by atoms with E-state index in [-0.39, 0.29) is 18.6 Å². The highest BCUT2D eigenvalue weighted by Gasteiger charge is 2.18. The van der Waals surface area contributed by atoms with Crippen molar-refractivity contribution in [2.75, 3.05) is 18.1 Å². The fraction of sp³-hybridized carbons (Fsp3) is 0.467. The molecule has 0 aliphatic carbocycles. The Kier molecular flexibility index (Phi) is 5.99. The van der Waals surface area contributed by atoms with E-state index in [2.05, 4.69) is 5.32 Å². The summed E-state index contributed by atoms with van der Waals surface area (Å²) >= 11 is 3.85. The van der Waals surface area contributed by atoms with Gasteiger partial charge < -0.3 is 10.1 Å². The normalized spacial score (nSPS) is 15.2. The highest BCUT2D eigenvalue weighted by Crippen LogP contribution is 2.45. The van der Waals surface area contributed by atoms with Gasteiger partial charge in [-0.2, -0.15) is 0 Å². The van der Waals surface area contributed by atoms with Crippen LogP contribution in [0.15, 0.2) is 24.3 Å². The van der Waals surface area contributed by atoms with E-state index in [1.165, 1.54) is 17.1 Å². The molecule has 0 atom stereocenters. The molecule has 114 valence electrons. The number of amides is 1. The Morgan fingerprint density at radius 1 is 1.24 bits per heavy atom. The minimum Gasteiger partial charge on any atom is -0.452 e. The third-order valence-electron chi connectivity index (χ3n) is 2.82. The van der Waals surface area contributed by atoms with Gasteiger partial charge in [0.2, 0.25) is 0 Å². The Labute approximate surface area is 133 Å². The summed E-state index contributed by atoms with van der Waals surface area (Å²) in [6.45, 7) is 3.47. The Balaban J connectivity index is 1.86. The molecule has 0 unspecified atom stereocenters. The number of esters is 1. The summed E-state index contributed by atoms with van der Waals surface area (Å²) in [7, 11) is 0. The van der Waals surface area contributed by atoms with Gasteiger partial charge in [-0.15, -0.1) is 23.5 Å². The molecule has 1 N–H and O–H groups in total. The van der Waals surface area contributed by atoms with E-state index in [0.29, 0.717) is 10.1 Å². The molecule has 0 aromatic heterocycles. The summed E-state index contributed by atoms with van der Waals surface area (Å²) in [5.41, 5.74) is 1.70. The van der Waals surface area contributed by atoms with Gasteiger partial charge in [0.1, 0.15) is 0 Å². The van der Waals surface area contributed by atoms with Crippen molar-refractivity contribution < 1.29 is 14.3 Å². The second-order valence-corrected chi connectivity index (χ2v) is 7.72. The molecule has 1 amide bonds. The Hall–Kier alpha value is -1.14. The molecule has 1 heterocycles. The lowest BCUT2D eigenvalue weighted by molar-refractivity contribution is -0.124. The molecule has 0 bridgehead atoms. The summed E-state index contributed by atoms with van der Waals surface area (Å²) in [6, 6.07) is 7.48. The Bertz CT molecular complexity index is 496. The van der Waals surface area contributed by atoms with Crippen LogP contribution in [0.1, 0.15) is 34.4 Å². The topological polar surface area (TPSA) is 55.4 Å². The van der Waals surface area contributed by atoms with E-state index in [0.717, 1.165) is 0 Å². The number of benzene rings is 1. The molecule has 1 aromatic carbocycles. The smallest absolute Gasteiger partial charge is 0.338 e. The van der Waals surface area contributed by atoms with Crippen LogP contribution in [0.2, 0.25) is 0 Å². The number of hydrogen-bond donors (Lipinski definition) is 1. The van der Waals surface area contributed by atoms with Crippen LogP contribution in [0.4, 0.5) is 0 Å². The molecule has 4 nitrogen and oxygen atoms in total. The van der Waals surface area contributed by atoms with E-state index in [1.54, 1.807) is 12.1 Å². The van der Waals surface area contributed by atoms with E-state index in [4.69, 9.17) is 4.74 Å². The van der Waals surface area contributed by atoms with E-state index >= 15 is 0 Å². The molecule has 1 aliphatic heterocycles. The van der Waals surface area contributed by atoms with Crippen molar-refractivity contribution in [1.29, 1.82) is 0 Å². The van der Waals surface area contributed by atoms with Crippen LogP contribution in [0.3, 0.4) is 0 Å². The minimum absolute atomic E-state index is 0.0388. The van der Waals surface area contributed by atoms with Gasteiger partial charge in [0.05, 0.1) is 10.1 Å². The molecule has 0 spiro atoms. The van der Waals surface area contributed by atoms with Crippen LogP contribution in [0.25, 0.3) is 0 Å². The molecule has 1 fully saturated rings. The van der Waals surface area contributed by atoms with Crippen LogP contribution in [-0.2, 0) is 9.53 Å². The number of nitrogens with one attached hydrogen (secondary N) is 1. The van der Waals surface area contributed by atoms with Gasteiger partial charge in [0.15, 0.2) is 6.61 Å². The predicted octanol–water partition coefficient (Wildman–Crippen LogP) is 2.85. The zero-order valence-corrected chi connectivity index (χ0v) is 13.8. The molecule has 1 aromatic rings. The third kappa shape index (κ3) is 4.97. The predicted molar refractivity (Wildman–Crippen MR) is 87.7 cm³/mol. The first kappa shape index (κ1) is 16.2. The first-order chi connectivity index (χ1) is 10.1. The van der Waals surface area contributed by atoms with Crippen molar-refractivity contribution in [3.05, 3.63) is 35.4 Å². The zero-order chi connectivity index (χ0) is 15.2. The molecule has 1 saturated heterocycles. The highest BCUT2D eigenvalue weighted by molar-refractivity contribution is 8.19. The lowest BCUT2D eigenvalue weighted by Crippen LogP contribution is -2.33. The van der Waals surface area contributed by atoms with Gasteiger partial charge in [-0.25, -0.2) is 4.79 Å². The van der Waals surface area contributed by atoms with Crippen molar-refractivity contribution in [2.45, 2.75) is 24.5 Å². The van der Waals surface area contributed by atoms with Gasteiger partial charge in [0, 0.05) is 17.5 Å². The quantitative estimate of drug-likeness (QED) is 0.844. The average Bonchev–Trinajstić information content (AvgIpc) is 2.98. The summed E-state index contributed by atoms with van der Waals surface area (Å²) in [5.74, 6) is 1.59. The highest BCUT2D eigenvalue weighted by atomic mass is 32.2. The number of ether oxygens (including phenoxy) is 1. The molecular weight excluding hydrogens is 306 g/mol. The van der Waals surface area contributed by atoms with E-state index < -0.39 is 5.97 Å². The molecule has 6 heteroatoms. The first-order valence-corrected chi connectivity index (χ1v) is 8.95. The van der Waals surface area contributed by atoms with Crippen molar-refractivity contribution in [2.24, 2.45) is 0 Å². The lowest BCUT2D eigenvalue weighted by atomic mass is 10.1. The second kappa shape index (κ2) is 7.75. The Morgan fingerprint density at radius 3 is 2.43 bits per heavy atom. The summed E-state index contributed by atoms with van der Waals surface area (Å²) in [5, 5.41) is 2.67. The summed E-state index contributed by atoms with van der Waals surface area (Å²) in [6.07, 6.45) is 0. The second-order valence-electron chi connectivity index (χ2n) is 4.99. The maximum Gasteiger partial charge on any atom is 0.338 e.